The summed E-state index contributed by atoms with van der Waals surface area (Å²) in [5.41, 5.74) is -0.605. The summed E-state index contributed by atoms with van der Waals surface area (Å²) in [6.45, 7) is 9.06. The fourth-order valence-corrected chi connectivity index (χ4v) is 7.25. The van der Waals surface area contributed by atoms with E-state index in [0.717, 1.165) is 18.4 Å². The van der Waals surface area contributed by atoms with E-state index < -0.39 is 81.1 Å². The number of carbonyl (C=O) groups is 1. The number of amides is 1. The van der Waals surface area contributed by atoms with Crippen LogP contribution in [0.3, 0.4) is 0 Å². The second kappa shape index (κ2) is 14.6. The number of hydrogen-bond donors (Lipinski definition) is 2. The van der Waals surface area contributed by atoms with Crippen molar-refractivity contribution >= 4 is 27.5 Å². The maximum absolute atomic E-state index is 15.6. The van der Waals surface area contributed by atoms with Crippen LogP contribution in [0.15, 0.2) is 42.5 Å². The van der Waals surface area contributed by atoms with Gasteiger partial charge in [-0.05, 0) is 87.9 Å². The lowest BCUT2D eigenvalue weighted by Gasteiger charge is -2.23. The third-order valence-electron chi connectivity index (χ3n) is 9.44. The number of benzene rings is 1. The summed E-state index contributed by atoms with van der Waals surface area (Å²) in [6.07, 6.45) is -2.54. The van der Waals surface area contributed by atoms with E-state index in [4.69, 9.17) is 4.98 Å². The van der Waals surface area contributed by atoms with Crippen molar-refractivity contribution in [1.29, 1.82) is 0 Å². The quantitative estimate of drug-likeness (QED) is 0.112. The Balaban J connectivity index is 1.52. The van der Waals surface area contributed by atoms with Gasteiger partial charge in [-0.25, -0.2) is 31.0 Å². The molecule has 5 aromatic rings. The molecule has 1 aromatic carbocycles. The molecule has 11 nitrogen and oxygen atoms in total. The summed E-state index contributed by atoms with van der Waals surface area (Å²) in [5, 5.41) is 14.8. The van der Waals surface area contributed by atoms with Gasteiger partial charge in [0.25, 0.3) is 12.3 Å². The van der Waals surface area contributed by atoms with Crippen molar-refractivity contribution in [3.05, 3.63) is 93.7 Å². The molecule has 6 rings (SSSR count). The largest absolute Gasteiger partial charge is 0.346 e. The van der Waals surface area contributed by atoms with Gasteiger partial charge in [-0.2, -0.15) is 13.9 Å². The van der Waals surface area contributed by atoms with Crippen LogP contribution in [-0.4, -0.2) is 49.9 Å². The Morgan fingerprint density at radius 2 is 1.66 bits per heavy atom. The summed E-state index contributed by atoms with van der Waals surface area (Å²) in [7, 11) is -3.79. The molecule has 4 aromatic heterocycles. The standard InChI is InChI=1S/C38H38F6N8O3S/c1-19-8-10-27(35-47-48-36(52(19)35)50-56(7,54)55)26-11-9-25(12-13-37(4,5)6)45-31(26)28(16-22-14-23(39)17-24(40)15-22)46-29(53)18-51-33-30(32(49-51)34(41)42)20(2)21(3)38(33,43)44/h8-11,14-15,17,20-21,28,34H,16,18H2,1-7H3,(H,46,53)(H,48,50)/t20-,21+,28-/m0/s1. The second-order valence-electron chi connectivity index (χ2n) is 15.0. The highest BCUT2D eigenvalue weighted by Gasteiger charge is 2.55. The maximum Gasteiger partial charge on any atom is 0.292 e. The second-order valence-corrected chi connectivity index (χ2v) is 16.7. The fraction of sp³-hybridized carbons (Fsp3) is 0.395. The van der Waals surface area contributed by atoms with Crippen molar-refractivity contribution in [2.45, 2.75) is 78.8 Å². The number of hydrogen-bond acceptors (Lipinski definition) is 7. The predicted molar refractivity (Wildman–Crippen MR) is 195 cm³/mol. The average Bonchev–Trinajstić information content (AvgIpc) is 3.72. The van der Waals surface area contributed by atoms with Crippen molar-refractivity contribution < 1.29 is 39.6 Å². The van der Waals surface area contributed by atoms with Gasteiger partial charge in [0.1, 0.15) is 35.3 Å². The van der Waals surface area contributed by atoms with Gasteiger partial charge in [-0.15, -0.1) is 10.2 Å². The molecular weight excluding hydrogens is 763 g/mol. The van der Waals surface area contributed by atoms with E-state index in [1.54, 1.807) is 31.2 Å². The molecule has 18 heteroatoms. The Morgan fingerprint density at radius 3 is 2.29 bits per heavy atom. The number of aryl methyl sites for hydroxylation is 1. The molecule has 3 atom stereocenters. The van der Waals surface area contributed by atoms with E-state index in [1.165, 1.54) is 18.2 Å². The zero-order chi connectivity index (χ0) is 41.1. The van der Waals surface area contributed by atoms with Crippen LogP contribution in [0.1, 0.15) is 92.6 Å². The number of rotatable bonds is 10. The molecule has 4 heterocycles. The lowest BCUT2D eigenvalue weighted by atomic mass is 9.94. The van der Waals surface area contributed by atoms with E-state index in [9.17, 15) is 30.8 Å². The van der Waals surface area contributed by atoms with Gasteiger partial charge in [0.2, 0.25) is 21.9 Å². The van der Waals surface area contributed by atoms with E-state index >= 15 is 8.78 Å². The van der Waals surface area contributed by atoms with Gasteiger partial charge in [-0.1, -0.05) is 19.8 Å². The Labute approximate surface area is 319 Å². The summed E-state index contributed by atoms with van der Waals surface area (Å²) in [6, 6.07) is 8.06. The number of pyridine rings is 2. The number of anilines is 1. The Hall–Kier alpha value is -5.44. The number of sulfonamides is 1. The molecule has 0 aliphatic heterocycles. The molecule has 0 saturated carbocycles. The molecule has 0 bridgehead atoms. The first-order valence-corrected chi connectivity index (χ1v) is 19.3. The Morgan fingerprint density at radius 1 is 1.00 bits per heavy atom. The molecule has 296 valence electrons. The van der Waals surface area contributed by atoms with E-state index in [0.29, 0.717) is 27.6 Å². The summed E-state index contributed by atoms with van der Waals surface area (Å²) >= 11 is 0. The smallest absolute Gasteiger partial charge is 0.292 e. The number of alkyl halides is 4. The fourth-order valence-electron chi connectivity index (χ4n) is 6.78. The van der Waals surface area contributed by atoms with Gasteiger partial charge < -0.3 is 5.32 Å². The van der Waals surface area contributed by atoms with Crippen LogP contribution in [0, 0.1) is 41.7 Å². The summed E-state index contributed by atoms with van der Waals surface area (Å²) in [5.74, 6) is -2.70. The molecule has 0 spiro atoms. The lowest BCUT2D eigenvalue weighted by Crippen LogP contribution is -2.35. The number of fused-ring (bicyclic) bond motifs is 2. The van der Waals surface area contributed by atoms with Gasteiger partial charge in [0.05, 0.1) is 18.0 Å². The number of carbonyl (C=O) groups excluding carboxylic acids is 1. The molecule has 1 amide bonds. The highest BCUT2D eigenvalue weighted by molar-refractivity contribution is 7.92. The molecule has 2 N–H and O–H groups in total. The zero-order valence-electron chi connectivity index (χ0n) is 31.3. The number of nitrogens with one attached hydrogen (secondary N) is 2. The first kappa shape index (κ1) is 40.2. The third-order valence-corrected chi connectivity index (χ3v) is 10.00. The van der Waals surface area contributed by atoms with Crippen LogP contribution in [-0.2, 0) is 33.7 Å². The minimum absolute atomic E-state index is 0.0806. The SMILES string of the molecule is Cc1ccc(-c2ccc(C#CC(C)(C)C)nc2[C@H](Cc2cc(F)cc(F)c2)NC(=O)Cn2nc(C(F)F)c3c2C(F)(F)[C@H](C)[C@@H]3C)c2nnc(NS(C)(=O)=O)n12. The lowest BCUT2D eigenvalue weighted by molar-refractivity contribution is -0.123. The molecule has 0 fully saturated rings. The van der Waals surface area contributed by atoms with Crippen molar-refractivity contribution in [2.75, 3.05) is 11.0 Å². The Bertz CT molecular complexity index is 2520. The first-order chi connectivity index (χ1) is 26.0. The molecule has 1 aliphatic rings. The van der Waals surface area contributed by atoms with Crippen LogP contribution >= 0.6 is 0 Å². The Kier molecular flexibility index (Phi) is 10.5. The van der Waals surface area contributed by atoms with Gasteiger partial charge in [0.15, 0.2) is 5.65 Å². The first-order valence-electron chi connectivity index (χ1n) is 17.4. The van der Waals surface area contributed by atoms with Crippen LogP contribution in [0.25, 0.3) is 16.8 Å². The molecular formula is C38H38F6N8O3S. The maximum atomic E-state index is 15.6. The monoisotopic (exact) mass is 800 g/mol. The summed E-state index contributed by atoms with van der Waals surface area (Å²) < 4.78 is 117. The van der Waals surface area contributed by atoms with Crippen molar-refractivity contribution in [3.63, 3.8) is 0 Å². The molecule has 1 aliphatic carbocycles. The van der Waals surface area contributed by atoms with Crippen LogP contribution in [0.2, 0.25) is 0 Å². The predicted octanol–water partition coefficient (Wildman–Crippen LogP) is 7.23. The summed E-state index contributed by atoms with van der Waals surface area (Å²) in [4.78, 5) is 18.7. The van der Waals surface area contributed by atoms with Crippen molar-refractivity contribution in [2.24, 2.45) is 11.3 Å². The minimum atomic E-state index is -3.79. The van der Waals surface area contributed by atoms with Gasteiger partial charge in [0, 0.05) is 39.8 Å². The van der Waals surface area contributed by atoms with Crippen LogP contribution < -0.4 is 10.0 Å². The topological polar surface area (TPSA) is 136 Å². The van der Waals surface area contributed by atoms with E-state index in [2.05, 4.69) is 37.2 Å². The highest BCUT2D eigenvalue weighted by atomic mass is 32.2. The molecule has 0 unspecified atom stereocenters. The van der Waals surface area contributed by atoms with Crippen molar-refractivity contribution in [1.82, 2.24) is 34.7 Å². The van der Waals surface area contributed by atoms with Gasteiger partial charge >= 0.3 is 0 Å². The number of nitrogens with zero attached hydrogens (tertiary/aromatic N) is 6. The number of halogens is 6. The molecule has 56 heavy (non-hydrogen) atoms. The normalized spacial score (nSPS) is 17.1. The molecule has 0 saturated heterocycles. The van der Waals surface area contributed by atoms with Crippen molar-refractivity contribution in [3.8, 4) is 23.0 Å². The number of aromatic nitrogens is 6. The van der Waals surface area contributed by atoms with Crippen LogP contribution in [0.5, 0.6) is 0 Å². The van der Waals surface area contributed by atoms with Crippen LogP contribution in [0.4, 0.5) is 32.3 Å². The zero-order valence-corrected chi connectivity index (χ0v) is 32.2. The third kappa shape index (κ3) is 8.08. The van der Waals surface area contributed by atoms with E-state index in [1.807, 2.05) is 20.8 Å². The average molecular weight is 801 g/mol. The highest BCUT2D eigenvalue weighted by Crippen LogP contribution is 2.54. The van der Waals surface area contributed by atoms with E-state index in [-0.39, 0.29) is 40.5 Å². The van der Waals surface area contributed by atoms with Gasteiger partial charge in [-0.3, -0.25) is 18.6 Å². The minimum Gasteiger partial charge on any atom is -0.346 e. The molecule has 0 radical (unpaired) electrons.